The highest BCUT2D eigenvalue weighted by molar-refractivity contribution is 7.86. The van der Waals surface area contributed by atoms with Gasteiger partial charge in [0.05, 0.1) is 11.5 Å². The fourth-order valence-corrected chi connectivity index (χ4v) is 8.64. The van der Waals surface area contributed by atoms with Crippen molar-refractivity contribution in [1.29, 1.82) is 0 Å². The molecule has 2 aliphatic carbocycles. The van der Waals surface area contributed by atoms with E-state index in [4.69, 9.17) is 11.6 Å². The van der Waals surface area contributed by atoms with Crippen LogP contribution in [-0.4, -0.2) is 44.0 Å². The fraction of sp³-hybridized carbons (Fsp3) is 0.405. The number of allylic oxidation sites excluding steroid dienone is 10. The highest BCUT2D eigenvalue weighted by Gasteiger charge is 2.39. The van der Waals surface area contributed by atoms with Crippen molar-refractivity contribution < 1.29 is 25.9 Å². The molecule has 1 aliphatic heterocycles. The Morgan fingerprint density at radius 3 is 2.15 bits per heavy atom. The summed E-state index contributed by atoms with van der Waals surface area (Å²) in [5.74, 6) is -0.581. The summed E-state index contributed by atoms with van der Waals surface area (Å²) in [6, 6.07) is 16.4. The van der Waals surface area contributed by atoms with E-state index in [1.54, 1.807) is 0 Å². The molecule has 2 N–H and O–H groups in total. The highest BCUT2D eigenvalue weighted by Crippen LogP contribution is 2.50. The van der Waals surface area contributed by atoms with Gasteiger partial charge in [-0.1, -0.05) is 100.0 Å². The van der Waals surface area contributed by atoms with E-state index in [1.807, 2.05) is 30.3 Å². The molecule has 10 heteroatoms. The molecule has 0 fully saturated rings. The Bertz CT molecular complexity index is 1930. The SMILES string of the molecule is CC1(C)C(/C=C/C2=C(Cl)C(=C/C=C3/N(CCCS(=O)(=O)O)c4ccccc4C3(C)C)/CCC2)=C(CCCS(=O)(=O)O)c2ccccc21. The van der Waals surface area contributed by atoms with Gasteiger partial charge in [0.25, 0.3) is 20.2 Å². The van der Waals surface area contributed by atoms with Crippen molar-refractivity contribution in [3.05, 3.63) is 117 Å². The number of benzene rings is 2. The first-order valence-electron chi connectivity index (χ1n) is 16.1. The summed E-state index contributed by atoms with van der Waals surface area (Å²) in [6.07, 6.45) is 12.2. The zero-order valence-electron chi connectivity index (χ0n) is 27.5. The fourth-order valence-electron chi connectivity index (χ4n) is 7.33. The summed E-state index contributed by atoms with van der Waals surface area (Å²) in [7, 11) is -8.10. The van der Waals surface area contributed by atoms with E-state index in [1.165, 1.54) is 5.56 Å². The van der Waals surface area contributed by atoms with Gasteiger partial charge in [-0.15, -0.1) is 0 Å². The molecule has 0 atom stereocenters. The van der Waals surface area contributed by atoms with Crippen molar-refractivity contribution in [2.24, 2.45) is 0 Å². The van der Waals surface area contributed by atoms with E-state index >= 15 is 0 Å². The van der Waals surface area contributed by atoms with Crippen molar-refractivity contribution in [2.75, 3.05) is 23.0 Å². The standard InChI is InChI=1S/C37H44ClNO6S2/c1-36(2)30-16-6-5-14-28(30)29(15-10-24-46(40,41)42)31(36)21-19-26-12-9-13-27(35(26)38)20-22-34-37(3,4)32-17-7-8-18-33(32)39(34)23-11-25-47(43,44)45/h5-8,14,16-22H,9-13,15,23-25H2,1-4H3,(H,40,41,42)(H,43,44,45)/b21-19+,27-20+,34-22+. The Hall–Kier alpha value is -2.95. The smallest absolute Gasteiger partial charge is 0.264 e. The van der Waals surface area contributed by atoms with Crippen LogP contribution in [-0.2, 0) is 31.1 Å². The van der Waals surface area contributed by atoms with Gasteiger partial charge < -0.3 is 4.90 Å². The lowest BCUT2D eigenvalue weighted by atomic mass is 9.80. The zero-order valence-corrected chi connectivity index (χ0v) is 29.9. The summed E-state index contributed by atoms with van der Waals surface area (Å²) in [5, 5.41) is 0.720. The van der Waals surface area contributed by atoms with E-state index in [2.05, 4.69) is 75.1 Å². The second-order valence-corrected chi connectivity index (χ2v) is 17.2. The summed E-state index contributed by atoms with van der Waals surface area (Å²) < 4.78 is 64.4. The number of halogens is 1. The molecule has 0 unspecified atom stereocenters. The second kappa shape index (κ2) is 13.5. The lowest BCUT2D eigenvalue weighted by Crippen LogP contribution is -2.28. The molecule has 3 aliphatic rings. The molecule has 7 nitrogen and oxygen atoms in total. The van der Waals surface area contributed by atoms with Crippen LogP contribution >= 0.6 is 11.6 Å². The third-order valence-corrected chi connectivity index (χ3v) is 11.8. The quantitative estimate of drug-likeness (QED) is 0.226. The van der Waals surface area contributed by atoms with Gasteiger partial charge >= 0.3 is 0 Å². The van der Waals surface area contributed by atoms with Gasteiger partial charge in [-0.25, -0.2) is 0 Å². The van der Waals surface area contributed by atoms with Crippen LogP contribution in [0.15, 0.2) is 100 Å². The lowest BCUT2D eigenvalue weighted by molar-refractivity contribution is 0.479. The summed E-state index contributed by atoms with van der Waals surface area (Å²) in [6.45, 7) is 9.13. The van der Waals surface area contributed by atoms with E-state index in [0.717, 1.165) is 69.1 Å². The number of hydrogen-bond acceptors (Lipinski definition) is 5. The van der Waals surface area contributed by atoms with Gasteiger partial charge in [0.2, 0.25) is 0 Å². The van der Waals surface area contributed by atoms with Crippen LogP contribution in [0.5, 0.6) is 0 Å². The minimum atomic E-state index is -4.06. The number of nitrogens with zero attached hydrogens (tertiary/aromatic N) is 1. The van der Waals surface area contributed by atoms with Gasteiger partial charge in [0, 0.05) is 33.8 Å². The molecule has 0 saturated heterocycles. The Morgan fingerprint density at radius 1 is 0.809 bits per heavy atom. The maximum absolute atomic E-state index is 11.5. The maximum Gasteiger partial charge on any atom is 0.264 e. The number of rotatable bonds is 11. The average molecular weight is 698 g/mol. The lowest BCUT2D eigenvalue weighted by Gasteiger charge is -2.27. The predicted octanol–water partition coefficient (Wildman–Crippen LogP) is 8.52. The number of para-hydroxylation sites is 1. The Kier molecular flexibility index (Phi) is 10.2. The minimum Gasteiger partial charge on any atom is -0.344 e. The van der Waals surface area contributed by atoms with E-state index in [9.17, 15) is 25.9 Å². The Balaban J connectivity index is 1.47. The zero-order chi connectivity index (χ0) is 34.2. The summed E-state index contributed by atoms with van der Waals surface area (Å²) in [4.78, 5) is 2.15. The number of fused-ring (bicyclic) bond motifs is 2. The monoisotopic (exact) mass is 697 g/mol. The molecule has 0 saturated carbocycles. The molecule has 0 spiro atoms. The molecule has 0 aromatic heterocycles. The molecule has 1 heterocycles. The molecular formula is C37H44ClNO6S2. The van der Waals surface area contributed by atoms with Crippen LogP contribution in [0.25, 0.3) is 5.57 Å². The van der Waals surface area contributed by atoms with Crippen LogP contribution < -0.4 is 4.90 Å². The largest absolute Gasteiger partial charge is 0.344 e. The third-order valence-electron chi connectivity index (χ3n) is 9.69. The van der Waals surface area contributed by atoms with Crippen molar-refractivity contribution in [1.82, 2.24) is 0 Å². The van der Waals surface area contributed by atoms with Crippen molar-refractivity contribution in [2.45, 2.75) is 77.0 Å². The molecule has 0 amide bonds. The highest BCUT2D eigenvalue weighted by atomic mass is 35.5. The second-order valence-electron chi connectivity index (χ2n) is 13.7. The molecule has 47 heavy (non-hydrogen) atoms. The van der Waals surface area contributed by atoms with Crippen molar-refractivity contribution in [3.8, 4) is 0 Å². The van der Waals surface area contributed by atoms with Gasteiger partial charge in [-0.2, -0.15) is 16.8 Å². The summed E-state index contributed by atoms with van der Waals surface area (Å²) in [5.41, 5.74) is 9.23. The normalized spacial score (nSPS) is 21.0. The molecule has 2 aromatic carbocycles. The van der Waals surface area contributed by atoms with Gasteiger partial charge in [0.1, 0.15) is 0 Å². The van der Waals surface area contributed by atoms with Gasteiger partial charge in [0.15, 0.2) is 0 Å². The van der Waals surface area contributed by atoms with Gasteiger partial charge in [-0.05, 0) is 89.7 Å². The van der Waals surface area contributed by atoms with Gasteiger partial charge in [-0.3, -0.25) is 9.11 Å². The van der Waals surface area contributed by atoms with Crippen LogP contribution in [0.3, 0.4) is 0 Å². The average Bonchev–Trinajstić information content (AvgIpc) is 3.33. The first-order chi connectivity index (χ1) is 22.0. The third kappa shape index (κ3) is 7.70. The molecule has 2 aromatic rings. The van der Waals surface area contributed by atoms with Crippen LogP contribution in [0.4, 0.5) is 5.69 Å². The Labute approximate surface area is 284 Å². The first-order valence-corrected chi connectivity index (χ1v) is 19.7. The summed E-state index contributed by atoms with van der Waals surface area (Å²) >= 11 is 7.09. The first kappa shape index (κ1) is 35.4. The van der Waals surface area contributed by atoms with E-state index in [0.29, 0.717) is 25.8 Å². The topological polar surface area (TPSA) is 112 Å². The van der Waals surface area contributed by atoms with Crippen molar-refractivity contribution >= 4 is 43.1 Å². The van der Waals surface area contributed by atoms with Crippen LogP contribution in [0.1, 0.15) is 82.9 Å². The molecule has 0 bridgehead atoms. The van der Waals surface area contributed by atoms with Crippen molar-refractivity contribution in [3.63, 3.8) is 0 Å². The van der Waals surface area contributed by atoms with E-state index in [-0.39, 0.29) is 22.3 Å². The minimum absolute atomic E-state index is 0.281. The molecule has 252 valence electrons. The van der Waals surface area contributed by atoms with Crippen LogP contribution in [0, 0.1) is 0 Å². The number of anilines is 1. The molecule has 5 rings (SSSR count). The molecular weight excluding hydrogens is 654 g/mol. The number of hydrogen-bond donors (Lipinski definition) is 2. The molecule has 0 radical (unpaired) electrons. The maximum atomic E-state index is 11.5. The predicted molar refractivity (Wildman–Crippen MR) is 192 cm³/mol. The van der Waals surface area contributed by atoms with E-state index < -0.39 is 20.2 Å². The Morgan fingerprint density at radius 2 is 1.45 bits per heavy atom. The van der Waals surface area contributed by atoms with Crippen LogP contribution in [0.2, 0.25) is 0 Å².